The van der Waals surface area contributed by atoms with Gasteiger partial charge in [-0.2, -0.15) is 0 Å². The molecule has 0 radical (unpaired) electrons. The number of nitrogens with one attached hydrogen (secondary N) is 1. The summed E-state index contributed by atoms with van der Waals surface area (Å²) in [5, 5.41) is 3.09. The summed E-state index contributed by atoms with van der Waals surface area (Å²) in [5.41, 5.74) is 0.161. The fraction of sp³-hybridized carbons (Fsp3) is 0.500. The molecular formula is C14H18FNO3. The predicted molar refractivity (Wildman–Crippen MR) is 68.4 cm³/mol. The second-order valence-corrected chi connectivity index (χ2v) is 4.76. The van der Waals surface area contributed by atoms with Crippen LogP contribution in [0.5, 0.6) is 5.75 Å². The maximum absolute atomic E-state index is 13.8. The molecule has 0 saturated heterocycles. The summed E-state index contributed by atoms with van der Waals surface area (Å²) in [4.78, 5) is 11.9. The minimum Gasteiger partial charge on any atom is -0.494 e. The molecule has 1 aromatic carbocycles. The third-order valence-electron chi connectivity index (χ3n) is 3.73. The largest absolute Gasteiger partial charge is 0.494 e. The minimum absolute atomic E-state index is 0.196. The summed E-state index contributed by atoms with van der Waals surface area (Å²) in [6.07, 6.45) is 1.50. The van der Waals surface area contributed by atoms with E-state index in [0.29, 0.717) is 0 Å². The lowest BCUT2D eigenvalue weighted by Crippen LogP contribution is -2.33. The molecule has 0 heterocycles. The first-order valence-electron chi connectivity index (χ1n) is 6.18. The summed E-state index contributed by atoms with van der Waals surface area (Å²) in [7, 11) is 4.56. The van der Waals surface area contributed by atoms with Crippen LogP contribution >= 0.6 is 0 Å². The van der Waals surface area contributed by atoms with Crippen LogP contribution in [0.1, 0.15) is 24.4 Å². The average molecular weight is 267 g/mol. The number of carbonyl (C=O) groups excluding carboxylic acids is 1. The Kier molecular flexibility index (Phi) is 3.75. The molecule has 1 saturated carbocycles. The Morgan fingerprint density at radius 1 is 1.42 bits per heavy atom. The smallest absolute Gasteiger partial charge is 0.313 e. The van der Waals surface area contributed by atoms with Crippen LogP contribution in [0.2, 0.25) is 0 Å². The van der Waals surface area contributed by atoms with Crippen molar-refractivity contribution in [2.75, 3.05) is 21.3 Å². The number of esters is 1. The second kappa shape index (κ2) is 5.17. The molecule has 0 bridgehead atoms. The zero-order chi connectivity index (χ0) is 14.0. The van der Waals surface area contributed by atoms with Crippen LogP contribution in [-0.4, -0.2) is 27.2 Å². The van der Waals surface area contributed by atoms with Gasteiger partial charge in [0.2, 0.25) is 0 Å². The van der Waals surface area contributed by atoms with Crippen molar-refractivity contribution in [1.29, 1.82) is 0 Å². The molecule has 0 spiro atoms. The number of ether oxygens (including phenoxy) is 2. The Hall–Kier alpha value is -1.62. The number of halogens is 1. The number of hydrogen-bond acceptors (Lipinski definition) is 4. The van der Waals surface area contributed by atoms with E-state index in [-0.39, 0.29) is 17.8 Å². The lowest BCUT2D eigenvalue weighted by Gasteiger charge is -2.25. The molecule has 1 aromatic rings. The van der Waals surface area contributed by atoms with Gasteiger partial charge in [-0.25, -0.2) is 4.39 Å². The van der Waals surface area contributed by atoms with Gasteiger partial charge in [0, 0.05) is 6.04 Å². The van der Waals surface area contributed by atoms with E-state index in [2.05, 4.69) is 5.32 Å². The van der Waals surface area contributed by atoms with Crippen molar-refractivity contribution in [3.63, 3.8) is 0 Å². The fourth-order valence-electron chi connectivity index (χ4n) is 2.57. The Morgan fingerprint density at radius 2 is 2.11 bits per heavy atom. The number of hydrogen-bond donors (Lipinski definition) is 1. The van der Waals surface area contributed by atoms with Gasteiger partial charge in [-0.05, 0) is 37.6 Å². The Morgan fingerprint density at radius 3 is 2.53 bits per heavy atom. The normalized spacial score (nSPS) is 17.7. The molecule has 5 heteroatoms. The molecular weight excluding hydrogens is 249 g/mol. The number of carbonyl (C=O) groups is 1. The van der Waals surface area contributed by atoms with Gasteiger partial charge in [0.05, 0.1) is 19.6 Å². The van der Waals surface area contributed by atoms with Gasteiger partial charge in [0.25, 0.3) is 0 Å². The molecule has 1 atom stereocenters. The van der Waals surface area contributed by atoms with Crippen LogP contribution < -0.4 is 10.1 Å². The van der Waals surface area contributed by atoms with E-state index in [1.807, 2.05) is 0 Å². The van der Waals surface area contributed by atoms with E-state index in [1.165, 1.54) is 20.3 Å². The van der Waals surface area contributed by atoms with E-state index < -0.39 is 11.2 Å². The number of benzene rings is 1. The lowest BCUT2D eigenvalue weighted by atomic mass is 9.90. The monoisotopic (exact) mass is 267 g/mol. The highest BCUT2D eigenvalue weighted by atomic mass is 19.1. The van der Waals surface area contributed by atoms with Gasteiger partial charge in [-0.3, -0.25) is 4.79 Å². The van der Waals surface area contributed by atoms with Crippen molar-refractivity contribution in [1.82, 2.24) is 5.32 Å². The number of methoxy groups -OCH3 is 2. The Balaban J connectivity index is 2.33. The summed E-state index contributed by atoms with van der Waals surface area (Å²) in [5.74, 6) is -0.481. The van der Waals surface area contributed by atoms with Crippen molar-refractivity contribution < 1.29 is 18.7 Å². The maximum Gasteiger partial charge on any atom is 0.313 e. The van der Waals surface area contributed by atoms with Crippen molar-refractivity contribution in [2.45, 2.75) is 18.9 Å². The highest BCUT2D eigenvalue weighted by molar-refractivity contribution is 5.81. The van der Waals surface area contributed by atoms with Crippen LogP contribution in [0.15, 0.2) is 18.2 Å². The molecule has 0 amide bonds. The van der Waals surface area contributed by atoms with Crippen LogP contribution in [0, 0.1) is 11.2 Å². The molecule has 1 aliphatic carbocycles. The molecule has 19 heavy (non-hydrogen) atoms. The standard InChI is InChI=1S/C14H18FNO3/c1-16-12(14(6-7-14)13(17)19-3)9-4-5-11(18-2)10(15)8-9/h4-5,8,12,16H,6-7H2,1-3H3. The Bertz CT molecular complexity index is 486. The van der Waals surface area contributed by atoms with Gasteiger partial charge in [0.15, 0.2) is 11.6 Å². The summed E-state index contributed by atoms with van der Waals surface area (Å²) >= 11 is 0. The number of rotatable bonds is 5. The average Bonchev–Trinajstić information content (AvgIpc) is 3.20. The summed E-state index contributed by atoms with van der Waals surface area (Å²) in [6, 6.07) is 4.50. The van der Waals surface area contributed by atoms with Crippen LogP contribution in [-0.2, 0) is 9.53 Å². The SMILES string of the molecule is CNC(c1ccc(OC)c(F)c1)C1(C(=O)OC)CC1. The van der Waals surface area contributed by atoms with Gasteiger partial charge in [-0.1, -0.05) is 6.07 Å². The van der Waals surface area contributed by atoms with Crippen molar-refractivity contribution in [3.05, 3.63) is 29.6 Å². The molecule has 4 nitrogen and oxygen atoms in total. The quantitative estimate of drug-likeness (QED) is 0.829. The van der Waals surface area contributed by atoms with E-state index in [0.717, 1.165) is 18.4 Å². The van der Waals surface area contributed by atoms with Crippen LogP contribution in [0.4, 0.5) is 4.39 Å². The zero-order valence-corrected chi connectivity index (χ0v) is 11.3. The molecule has 104 valence electrons. The van der Waals surface area contributed by atoms with Crippen molar-refractivity contribution in [3.8, 4) is 5.75 Å². The topological polar surface area (TPSA) is 47.6 Å². The zero-order valence-electron chi connectivity index (χ0n) is 11.3. The van der Waals surface area contributed by atoms with Crippen molar-refractivity contribution in [2.24, 2.45) is 5.41 Å². The van der Waals surface area contributed by atoms with Crippen molar-refractivity contribution >= 4 is 5.97 Å². The molecule has 2 rings (SSSR count). The third-order valence-corrected chi connectivity index (χ3v) is 3.73. The van der Waals surface area contributed by atoms with E-state index in [9.17, 15) is 9.18 Å². The Labute approximate surface area is 111 Å². The van der Waals surface area contributed by atoms with Crippen LogP contribution in [0.25, 0.3) is 0 Å². The first-order valence-corrected chi connectivity index (χ1v) is 6.18. The first kappa shape index (κ1) is 13.8. The second-order valence-electron chi connectivity index (χ2n) is 4.76. The fourth-order valence-corrected chi connectivity index (χ4v) is 2.57. The molecule has 0 aromatic heterocycles. The highest BCUT2D eigenvalue weighted by Crippen LogP contribution is 2.55. The summed E-state index contributed by atoms with van der Waals surface area (Å²) < 4.78 is 23.5. The highest BCUT2D eigenvalue weighted by Gasteiger charge is 2.57. The van der Waals surface area contributed by atoms with E-state index in [1.54, 1.807) is 19.2 Å². The molecule has 1 aliphatic rings. The van der Waals surface area contributed by atoms with Gasteiger partial charge < -0.3 is 14.8 Å². The third kappa shape index (κ3) is 2.30. The van der Waals surface area contributed by atoms with Gasteiger partial charge in [0.1, 0.15) is 0 Å². The maximum atomic E-state index is 13.8. The van der Waals surface area contributed by atoms with Gasteiger partial charge in [-0.15, -0.1) is 0 Å². The molecule has 1 unspecified atom stereocenters. The van der Waals surface area contributed by atoms with E-state index >= 15 is 0 Å². The molecule has 1 N–H and O–H groups in total. The molecule has 0 aliphatic heterocycles. The molecule has 1 fully saturated rings. The lowest BCUT2D eigenvalue weighted by molar-refractivity contribution is -0.148. The predicted octanol–water partition coefficient (Wildman–Crippen LogP) is 2.05. The van der Waals surface area contributed by atoms with Gasteiger partial charge >= 0.3 is 5.97 Å². The first-order chi connectivity index (χ1) is 9.08. The van der Waals surface area contributed by atoms with E-state index in [4.69, 9.17) is 9.47 Å². The minimum atomic E-state index is -0.565. The van der Waals surface area contributed by atoms with Crippen LogP contribution in [0.3, 0.4) is 0 Å². The summed E-state index contributed by atoms with van der Waals surface area (Å²) in [6.45, 7) is 0.